The first kappa shape index (κ1) is 15.1. The van der Waals surface area contributed by atoms with E-state index in [1.54, 1.807) is 13.3 Å². The minimum absolute atomic E-state index is 0.387. The van der Waals surface area contributed by atoms with Crippen LogP contribution in [0.3, 0.4) is 0 Å². The smallest absolute Gasteiger partial charge is 0.214 e. The molecule has 0 aliphatic heterocycles. The molecule has 1 heterocycles. The molecule has 0 saturated heterocycles. The van der Waals surface area contributed by atoms with E-state index >= 15 is 0 Å². The normalized spacial score (nSPS) is 22.5. The van der Waals surface area contributed by atoms with Gasteiger partial charge in [-0.25, -0.2) is 4.98 Å². The Morgan fingerprint density at radius 3 is 2.90 bits per heavy atom. The molecule has 0 unspecified atom stereocenters. The number of nitrogens with one attached hydrogen (secondary N) is 1. The Bertz CT molecular complexity index is 392. The van der Waals surface area contributed by atoms with Crippen LogP contribution in [0.4, 0.5) is 5.69 Å². The van der Waals surface area contributed by atoms with E-state index in [-0.39, 0.29) is 0 Å². The minimum Gasteiger partial charge on any atom is -0.481 e. The second-order valence-corrected chi connectivity index (χ2v) is 5.27. The van der Waals surface area contributed by atoms with E-state index in [1.165, 1.54) is 0 Å². The molecule has 1 aromatic rings. The zero-order chi connectivity index (χ0) is 14.2. The zero-order valence-electron chi connectivity index (χ0n) is 12.2. The number of hydrogen-bond donors (Lipinski definition) is 2. The van der Waals surface area contributed by atoms with Gasteiger partial charge in [-0.2, -0.15) is 0 Å². The summed E-state index contributed by atoms with van der Waals surface area (Å²) in [4.78, 5) is 4.07. The molecule has 0 aromatic carbocycles. The first-order chi connectivity index (χ1) is 9.78. The number of nitrogens with two attached hydrogens (primary N) is 1. The number of pyridine rings is 1. The molecule has 1 aliphatic carbocycles. The summed E-state index contributed by atoms with van der Waals surface area (Å²) >= 11 is 0. The molecule has 0 radical (unpaired) electrons. The van der Waals surface area contributed by atoms with Crippen molar-refractivity contribution in [3.8, 4) is 5.88 Å². The van der Waals surface area contributed by atoms with Gasteiger partial charge in [-0.05, 0) is 38.2 Å². The third kappa shape index (κ3) is 4.98. The van der Waals surface area contributed by atoms with E-state index in [9.17, 15) is 0 Å². The van der Waals surface area contributed by atoms with Crippen molar-refractivity contribution in [3.05, 3.63) is 18.3 Å². The molecule has 2 rings (SSSR count). The largest absolute Gasteiger partial charge is 0.481 e. The van der Waals surface area contributed by atoms with Crippen molar-refractivity contribution < 1.29 is 9.47 Å². The maximum Gasteiger partial charge on any atom is 0.214 e. The van der Waals surface area contributed by atoms with Gasteiger partial charge in [0.2, 0.25) is 5.88 Å². The van der Waals surface area contributed by atoms with Crippen molar-refractivity contribution in [2.24, 2.45) is 5.73 Å². The van der Waals surface area contributed by atoms with Gasteiger partial charge in [0.15, 0.2) is 0 Å². The van der Waals surface area contributed by atoms with Crippen LogP contribution in [-0.2, 0) is 4.74 Å². The lowest BCUT2D eigenvalue weighted by Crippen LogP contribution is -2.30. The van der Waals surface area contributed by atoms with Gasteiger partial charge in [-0.1, -0.05) is 0 Å². The van der Waals surface area contributed by atoms with E-state index in [1.807, 2.05) is 12.1 Å². The molecule has 112 valence electrons. The fourth-order valence-corrected chi connectivity index (χ4v) is 2.44. The van der Waals surface area contributed by atoms with Crippen LogP contribution in [0.5, 0.6) is 5.88 Å². The van der Waals surface area contributed by atoms with Crippen LogP contribution in [0.2, 0.25) is 0 Å². The molecule has 1 saturated carbocycles. The van der Waals surface area contributed by atoms with E-state index in [2.05, 4.69) is 10.3 Å². The van der Waals surface area contributed by atoms with Gasteiger partial charge in [0.25, 0.3) is 0 Å². The zero-order valence-corrected chi connectivity index (χ0v) is 12.2. The number of anilines is 1. The van der Waals surface area contributed by atoms with Gasteiger partial charge < -0.3 is 20.5 Å². The Morgan fingerprint density at radius 2 is 2.15 bits per heavy atom. The van der Waals surface area contributed by atoms with Crippen LogP contribution in [0.1, 0.15) is 32.1 Å². The molecule has 1 aromatic heterocycles. The number of rotatable bonds is 7. The Hall–Kier alpha value is -1.33. The Kier molecular flexibility index (Phi) is 6.08. The molecule has 0 spiro atoms. The Labute approximate surface area is 120 Å². The highest BCUT2D eigenvalue weighted by molar-refractivity contribution is 5.44. The van der Waals surface area contributed by atoms with Gasteiger partial charge in [0.1, 0.15) is 0 Å². The predicted molar refractivity (Wildman–Crippen MR) is 80.1 cm³/mol. The number of nitrogens with zero attached hydrogens (tertiary/aromatic N) is 1. The fourth-order valence-electron chi connectivity index (χ4n) is 2.44. The molecular formula is C15H25N3O2. The lowest BCUT2D eigenvalue weighted by molar-refractivity contribution is 0.0251. The summed E-state index contributed by atoms with van der Waals surface area (Å²) in [7, 11) is 1.62. The van der Waals surface area contributed by atoms with Crippen molar-refractivity contribution >= 4 is 5.69 Å². The summed E-state index contributed by atoms with van der Waals surface area (Å²) in [6, 6.07) is 4.22. The topological polar surface area (TPSA) is 69.4 Å². The highest BCUT2D eigenvalue weighted by atomic mass is 16.5. The van der Waals surface area contributed by atoms with Crippen LogP contribution in [0, 0.1) is 0 Å². The molecule has 0 amide bonds. The summed E-state index contributed by atoms with van der Waals surface area (Å²) < 4.78 is 11.0. The first-order valence-electron chi connectivity index (χ1n) is 7.39. The summed E-state index contributed by atoms with van der Waals surface area (Å²) in [5.41, 5.74) is 6.91. The molecule has 0 atom stereocenters. The predicted octanol–water partition coefficient (Wildman–Crippen LogP) is 2.18. The maximum absolute atomic E-state index is 5.88. The molecule has 5 nitrogen and oxygen atoms in total. The second kappa shape index (κ2) is 8.07. The summed E-state index contributed by atoms with van der Waals surface area (Å²) in [6.45, 7) is 1.69. The van der Waals surface area contributed by atoms with Crippen molar-refractivity contribution in [2.75, 3.05) is 25.6 Å². The third-order valence-electron chi connectivity index (χ3n) is 3.67. The number of ether oxygens (including phenoxy) is 2. The average molecular weight is 279 g/mol. The van der Waals surface area contributed by atoms with Crippen molar-refractivity contribution in [1.82, 2.24) is 4.98 Å². The molecule has 20 heavy (non-hydrogen) atoms. The second-order valence-electron chi connectivity index (χ2n) is 5.27. The van der Waals surface area contributed by atoms with Crippen molar-refractivity contribution in [2.45, 2.75) is 44.2 Å². The quantitative estimate of drug-likeness (QED) is 0.749. The van der Waals surface area contributed by atoms with Crippen LogP contribution < -0.4 is 15.8 Å². The van der Waals surface area contributed by atoms with Gasteiger partial charge in [0.05, 0.1) is 13.2 Å². The number of methoxy groups -OCH3 is 1. The lowest BCUT2D eigenvalue weighted by atomic mass is 9.94. The summed E-state index contributed by atoms with van der Waals surface area (Å²) in [5.74, 6) is 0.629. The average Bonchev–Trinajstić information content (AvgIpc) is 2.49. The Morgan fingerprint density at radius 1 is 1.35 bits per heavy atom. The SMILES string of the molecule is COc1cc(NCCCOC2CCC(N)CC2)ccn1. The number of hydrogen-bond acceptors (Lipinski definition) is 5. The van der Waals surface area contributed by atoms with Crippen LogP contribution >= 0.6 is 0 Å². The number of aromatic nitrogens is 1. The first-order valence-corrected chi connectivity index (χ1v) is 7.39. The van der Waals surface area contributed by atoms with Gasteiger partial charge in [-0.15, -0.1) is 0 Å². The van der Waals surface area contributed by atoms with Gasteiger partial charge >= 0.3 is 0 Å². The lowest BCUT2D eigenvalue weighted by Gasteiger charge is -2.26. The van der Waals surface area contributed by atoms with Crippen LogP contribution in [0.15, 0.2) is 18.3 Å². The van der Waals surface area contributed by atoms with Crippen LogP contribution in [0.25, 0.3) is 0 Å². The molecule has 0 bridgehead atoms. The Balaban J connectivity index is 1.57. The maximum atomic E-state index is 5.88. The molecule has 3 N–H and O–H groups in total. The van der Waals surface area contributed by atoms with E-state index in [0.29, 0.717) is 18.0 Å². The van der Waals surface area contributed by atoms with E-state index in [4.69, 9.17) is 15.2 Å². The third-order valence-corrected chi connectivity index (χ3v) is 3.67. The summed E-state index contributed by atoms with van der Waals surface area (Å²) in [6.07, 6.45) is 7.55. The van der Waals surface area contributed by atoms with E-state index < -0.39 is 0 Å². The molecule has 1 aliphatic rings. The van der Waals surface area contributed by atoms with Gasteiger partial charge in [-0.3, -0.25) is 0 Å². The summed E-state index contributed by atoms with van der Waals surface area (Å²) in [5, 5.41) is 3.34. The molecule has 5 heteroatoms. The van der Waals surface area contributed by atoms with Crippen molar-refractivity contribution in [1.29, 1.82) is 0 Å². The van der Waals surface area contributed by atoms with Gasteiger partial charge in [0, 0.05) is 37.1 Å². The van der Waals surface area contributed by atoms with E-state index in [0.717, 1.165) is 50.9 Å². The fraction of sp³-hybridized carbons (Fsp3) is 0.667. The highest BCUT2D eigenvalue weighted by Crippen LogP contribution is 2.20. The minimum atomic E-state index is 0.387. The van der Waals surface area contributed by atoms with Crippen molar-refractivity contribution in [3.63, 3.8) is 0 Å². The monoisotopic (exact) mass is 279 g/mol. The standard InChI is InChI=1S/C15H25N3O2/c1-19-15-11-13(7-9-18-15)17-8-2-10-20-14-5-3-12(16)4-6-14/h7,9,11-12,14H,2-6,8,10,16H2,1H3,(H,17,18). The van der Waals surface area contributed by atoms with Crippen LogP contribution in [-0.4, -0.2) is 37.4 Å². The molecular weight excluding hydrogens is 254 g/mol. The molecule has 1 fully saturated rings. The highest BCUT2D eigenvalue weighted by Gasteiger charge is 2.18.